The van der Waals surface area contributed by atoms with Gasteiger partial charge in [-0.3, -0.25) is 9.59 Å². The molecule has 2 atom stereocenters. The molecule has 0 spiro atoms. The van der Waals surface area contributed by atoms with Gasteiger partial charge in [-0.2, -0.15) is 0 Å². The van der Waals surface area contributed by atoms with Gasteiger partial charge in [0, 0.05) is 32.2 Å². The van der Waals surface area contributed by atoms with Gasteiger partial charge in [-0.15, -0.1) is 0 Å². The molecule has 7 heteroatoms. The zero-order valence-electron chi connectivity index (χ0n) is 15.2. The van der Waals surface area contributed by atoms with E-state index in [0.29, 0.717) is 42.8 Å². The summed E-state index contributed by atoms with van der Waals surface area (Å²) in [5.41, 5.74) is 0.635. The second-order valence-corrected chi connectivity index (χ2v) is 7.01. The van der Waals surface area contributed by atoms with Gasteiger partial charge in [-0.05, 0) is 32.6 Å². The van der Waals surface area contributed by atoms with Crippen LogP contribution in [-0.2, 0) is 9.53 Å². The van der Waals surface area contributed by atoms with Crippen molar-refractivity contribution in [2.75, 3.05) is 20.2 Å². The molecule has 25 heavy (non-hydrogen) atoms. The number of aromatic nitrogens is 1. The van der Waals surface area contributed by atoms with Crippen LogP contribution in [0.3, 0.4) is 0 Å². The molecule has 2 amide bonds. The van der Waals surface area contributed by atoms with Crippen LogP contribution < -0.4 is 5.32 Å². The second-order valence-electron chi connectivity index (χ2n) is 7.01. The number of nitrogens with one attached hydrogen (secondary N) is 1. The van der Waals surface area contributed by atoms with E-state index >= 15 is 0 Å². The van der Waals surface area contributed by atoms with Gasteiger partial charge in [0.15, 0.2) is 5.89 Å². The lowest BCUT2D eigenvalue weighted by Crippen LogP contribution is -2.39. The van der Waals surface area contributed by atoms with Crippen LogP contribution in [0.25, 0.3) is 0 Å². The van der Waals surface area contributed by atoms with E-state index in [-0.39, 0.29) is 24.0 Å². The highest BCUT2D eigenvalue weighted by Crippen LogP contribution is 2.40. The van der Waals surface area contributed by atoms with Crippen LogP contribution in [0.15, 0.2) is 4.42 Å². The Labute approximate surface area is 148 Å². The average Bonchev–Trinajstić information content (AvgIpc) is 3.22. The van der Waals surface area contributed by atoms with E-state index in [1.807, 2.05) is 6.92 Å². The molecular formula is C18H27N3O4. The normalized spacial score (nSPS) is 21.4. The highest BCUT2D eigenvalue weighted by atomic mass is 16.5. The van der Waals surface area contributed by atoms with E-state index in [1.165, 1.54) is 0 Å². The van der Waals surface area contributed by atoms with Crippen molar-refractivity contribution in [2.24, 2.45) is 0 Å². The summed E-state index contributed by atoms with van der Waals surface area (Å²) >= 11 is 0. The molecule has 1 aromatic rings. The van der Waals surface area contributed by atoms with E-state index in [1.54, 1.807) is 18.9 Å². The SMILES string of the molecule is CCC(CC(=O)N1CCC(NC(=O)c2oc(C3CC3)nc2C)C1)OC. The molecule has 0 aromatic carbocycles. The van der Waals surface area contributed by atoms with Crippen molar-refractivity contribution in [3.05, 3.63) is 17.3 Å². The molecule has 1 aromatic heterocycles. The van der Waals surface area contributed by atoms with Crippen LogP contribution in [-0.4, -0.2) is 54.0 Å². The molecule has 1 aliphatic heterocycles. The first-order valence-electron chi connectivity index (χ1n) is 9.10. The zero-order valence-corrected chi connectivity index (χ0v) is 15.2. The maximum Gasteiger partial charge on any atom is 0.289 e. The number of aryl methyl sites for hydroxylation is 1. The molecule has 2 heterocycles. The van der Waals surface area contributed by atoms with Gasteiger partial charge >= 0.3 is 0 Å². The van der Waals surface area contributed by atoms with Crippen LogP contribution in [0.5, 0.6) is 0 Å². The summed E-state index contributed by atoms with van der Waals surface area (Å²) in [4.78, 5) is 30.9. The highest BCUT2D eigenvalue weighted by molar-refractivity contribution is 5.92. The van der Waals surface area contributed by atoms with Gasteiger partial charge in [-0.25, -0.2) is 4.98 Å². The van der Waals surface area contributed by atoms with Crippen molar-refractivity contribution in [3.63, 3.8) is 0 Å². The third-order valence-corrected chi connectivity index (χ3v) is 5.01. The molecule has 2 unspecified atom stereocenters. The summed E-state index contributed by atoms with van der Waals surface area (Å²) < 4.78 is 10.9. The van der Waals surface area contributed by atoms with Crippen molar-refractivity contribution >= 4 is 11.8 Å². The Balaban J connectivity index is 1.52. The van der Waals surface area contributed by atoms with Gasteiger partial charge in [0.05, 0.1) is 18.2 Å². The number of hydrogen-bond donors (Lipinski definition) is 1. The fourth-order valence-corrected chi connectivity index (χ4v) is 3.21. The van der Waals surface area contributed by atoms with Crippen molar-refractivity contribution in [1.82, 2.24) is 15.2 Å². The van der Waals surface area contributed by atoms with Crippen LogP contribution in [0, 0.1) is 6.92 Å². The van der Waals surface area contributed by atoms with Crippen LogP contribution in [0.4, 0.5) is 0 Å². The molecule has 1 aliphatic carbocycles. The number of ether oxygens (including phenoxy) is 1. The molecule has 1 saturated heterocycles. The van der Waals surface area contributed by atoms with Crippen molar-refractivity contribution in [2.45, 2.75) is 64.0 Å². The van der Waals surface area contributed by atoms with E-state index in [2.05, 4.69) is 10.3 Å². The Bertz CT molecular complexity index is 634. The summed E-state index contributed by atoms with van der Waals surface area (Å²) in [5, 5.41) is 2.98. The Kier molecular flexibility index (Phi) is 5.42. The van der Waals surface area contributed by atoms with E-state index in [9.17, 15) is 9.59 Å². The Hall–Kier alpha value is -1.89. The van der Waals surface area contributed by atoms with Crippen molar-refractivity contribution < 1.29 is 18.7 Å². The van der Waals surface area contributed by atoms with Gasteiger partial charge in [0.2, 0.25) is 11.7 Å². The Morgan fingerprint density at radius 3 is 2.80 bits per heavy atom. The van der Waals surface area contributed by atoms with E-state index < -0.39 is 0 Å². The van der Waals surface area contributed by atoms with Gasteiger partial charge in [0.1, 0.15) is 0 Å². The minimum Gasteiger partial charge on any atom is -0.435 e. The summed E-state index contributed by atoms with van der Waals surface area (Å²) in [6.45, 7) is 4.99. The average molecular weight is 349 g/mol. The number of carbonyl (C=O) groups is 2. The first kappa shape index (κ1) is 17.9. The summed E-state index contributed by atoms with van der Waals surface area (Å²) in [7, 11) is 1.63. The van der Waals surface area contributed by atoms with Crippen LogP contribution in [0.1, 0.15) is 67.1 Å². The second kappa shape index (κ2) is 7.56. The lowest BCUT2D eigenvalue weighted by atomic mass is 10.2. The number of carbonyl (C=O) groups excluding carboxylic acids is 2. The van der Waals surface area contributed by atoms with E-state index in [4.69, 9.17) is 9.15 Å². The zero-order chi connectivity index (χ0) is 18.0. The third kappa shape index (κ3) is 4.21. The number of rotatable bonds is 7. The molecule has 3 rings (SSSR count). The summed E-state index contributed by atoms with van der Waals surface area (Å²) in [5.74, 6) is 1.21. The molecule has 2 aliphatic rings. The lowest BCUT2D eigenvalue weighted by molar-refractivity contribution is -0.132. The topological polar surface area (TPSA) is 84.7 Å². The minimum atomic E-state index is -0.237. The molecule has 138 valence electrons. The Morgan fingerprint density at radius 2 is 2.16 bits per heavy atom. The number of methoxy groups -OCH3 is 1. The van der Waals surface area contributed by atoms with Crippen LogP contribution >= 0.6 is 0 Å². The predicted molar refractivity (Wildman–Crippen MR) is 91.4 cm³/mol. The van der Waals surface area contributed by atoms with Gasteiger partial charge < -0.3 is 19.4 Å². The lowest BCUT2D eigenvalue weighted by Gasteiger charge is -2.20. The Morgan fingerprint density at radius 1 is 1.40 bits per heavy atom. The first-order valence-corrected chi connectivity index (χ1v) is 9.10. The maximum absolute atomic E-state index is 12.5. The number of nitrogens with zero attached hydrogens (tertiary/aromatic N) is 2. The van der Waals surface area contributed by atoms with Gasteiger partial charge in [0.25, 0.3) is 5.91 Å². The van der Waals surface area contributed by atoms with E-state index in [0.717, 1.165) is 25.7 Å². The quantitative estimate of drug-likeness (QED) is 0.814. The highest BCUT2D eigenvalue weighted by Gasteiger charge is 2.33. The standard InChI is InChI=1S/C18H27N3O4/c1-4-14(24-3)9-15(22)21-8-7-13(10-21)20-17(23)16-11(2)19-18(25-16)12-5-6-12/h12-14H,4-10H2,1-3H3,(H,20,23). The number of oxazole rings is 1. The largest absolute Gasteiger partial charge is 0.435 e. The molecule has 1 N–H and O–H groups in total. The number of amides is 2. The molecule has 2 fully saturated rings. The number of hydrogen-bond acceptors (Lipinski definition) is 5. The fourth-order valence-electron chi connectivity index (χ4n) is 3.21. The predicted octanol–water partition coefficient (Wildman–Crippen LogP) is 2.01. The summed E-state index contributed by atoms with van der Waals surface area (Å²) in [6, 6.07) is -0.0482. The molecule has 1 saturated carbocycles. The molecular weight excluding hydrogens is 322 g/mol. The van der Waals surface area contributed by atoms with Crippen LogP contribution in [0.2, 0.25) is 0 Å². The minimum absolute atomic E-state index is 0.0428. The molecule has 0 radical (unpaired) electrons. The van der Waals surface area contributed by atoms with Crippen molar-refractivity contribution in [3.8, 4) is 0 Å². The maximum atomic E-state index is 12.5. The first-order chi connectivity index (χ1) is 12.0. The number of likely N-dealkylation sites (tertiary alicyclic amines) is 1. The van der Waals surface area contributed by atoms with Gasteiger partial charge in [-0.1, -0.05) is 6.92 Å². The van der Waals surface area contributed by atoms with Crippen molar-refractivity contribution in [1.29, 1.82) is 0 Å². The molecule has 7 nitrogen and oxygen atoms in total. The third-order valence-electron chi connectivity index (χ3n) is 5.01. The molecule has 0 bridgehead atoms. The smallest absolute Gasteiger partial charge is 0.289 e. The monoisotopic (exact) mass is 349 g/mol. The fraction of sp³-hybridized carbons (Fsp3) is 0.722. The summed E-state index contributed by atoms with van der Waals surface area (Å²) in [6.07, 6.45) is 4.08.